The number of oxime groups is 1. The molecule has 2 N–H and O–H groups in total. The van der Waals surface area contributed by atoms with Gasteiger partial charge in [-0.25, -0.2) is 9.78 Å². The lowest BCUT2D eigenvalue weighted by Crippen LogP contribution is -2.38. The smallest absolute Gasteiger partial charge is 0.360 e. The second-order valence-corrected chi connectivity index (χ2v) is 9.95. The number of halogens is 1. The largest absolute Gasteiger partial charge is 0.476 e. The molecule has 1 aromatic heterocycles. The number of nitrogens with zero attached hydrogens (tertiary/aromatic N) is 2. The van der Waals surface area contributed by atoms with Gasteiger partial charge in [0.2, 0.25) is 5.71 Å². The minimum Gasteiger partial charge on any atom is -0.476 e. The number of aromatic nitrogens is 1. The van der Waals surface area contributed by atoms with Gasteiger partial charge in [-0.2, -0.15) is 0 Å². The third kappa shape index (κ3) is 5.85. The molecule has 0 aliphatic carbocycles. The summed E-state index contributed by atoms with van der Waals surface area (Å²) in [5.41, 5.74) is 2.98. The molecule has 5 rings (SSSR count). The number of carboxylic acids is 1. The summed E-state index contributed by atoms with van der Waals surface area (Å²) in [6.07, 6.45) is 0. The average Bonchev–Trinajstić information content (AvgIpc) is 3.44. The lowest BCUT2D eigenvalue weighted by atomic mass is 9.77. The predicted molar refractivity (Wildman–Crippen MR) is 155 cm³/mol. The topological polar surface area (TPSA) is 83.8 Å². The van der Waals surface area contributed by atoms with Gasteiger partial charge in [-0.05, 0) is 34.4 Å². The maximum atomic E-state index is 12.1. The first-order chi connectivity index (χ1) is 19.1. The van der Waals surface area contributed by atoms with Gasteiger partial charge < -0.3 is 15.3 Å². The Morgan fingerprint density at radius 2 is 1.36 bits per heavy atom. The molecule has 8 heteroatoms. The number of hydrogen-bond donors (Lipinski definition) is 2. The Morgan fingerprint density at radius 1 is 0.846 bits per heavy atom. The van der Waals surface area contributed by atoms with Gasteiger partial charge in [-0.15, -0.1) is 11.3 Å². The van der Waals surface area contributed by atoms with Gasteiger partial charge in [0.05, 0.1) is 0 Å². The quantitative estimate of drug-likeness (QED) is 0.108. The fraction of sp³-hybridized carbons (Fsp3) is 0.0645. The highest BCUT2D eigenvalue weighted by atomic mass is 35.5. The molecule has 0 saturated heterocycles. The molecule has 39 heavy (non-hydrogen) atoms. The fourth-order valence-corrected chi connectivity index (χ4v) is 5.21. The van der Waals surface area contributed by atoms with Crippen molar-refractivity contribution in [1.82, 2.24) is 4.98 Å². The van der Waals surface area contributed by atoms with Crippen molar-refractivity contribution >= 4 is 39.8 Å². The maximum absolute atomic E-state index is 12.1. The molecule has 6 nitrogen and oxygen atoms in total. The molecule has 0 saturated carbocycles. The summed E-state index contributed by atoms with van der Waals surface area (Å²) < 4.78 is 0. The first kappa shape index (κ1) is 26.2. The Kier molecular flexibility index (Phi) is 8.01. The SMILES string of the molecule is O=C(O)C(=NOCc1ccc(Cl)cc1)c1csc(NC(c2ccccc2)(c2ccccc2)c2ccccc2)n1. The number of carbonyl (C=O) groups is 1. The normalized spacial score (nSPS) is 11.7. The number of nitrogens with one attached hydrogen (secondary N) is 1. The van der Waals surface area contributed by atoms with E-state index in [-0.39, 0.29) is 18.0 Å². The van der Waals surface area contributed by atoms with Crippen LogP contribution in [0.2, 0.25) is 5.02 Å². The number of rotatable bonds is 10. The Balaban J connectivity index is 1.51. The summed E-state index contributed by atoms with van der Waals surface area (Å²) in [5, 5.41) is 20.2. The first-order valence-corrected chi connectivity index (χ1v) is 13.4. The highest BCUT2D eigenvalue weighted by Crippen LogP contribution is 2.40. The lowest BCUT2D eigenvalue weighted by Gasteiger charge is -2.36. The van der Waals surface area contributed by atoms with Crippen molar-refractivity contribution < 1.29 is 14.7 Å². The van der Waals surface area contributed by atoms with Crippen LogP contribution in [0.1, 0.15) is 27.9 Å². The van der Waals surface area contributed by atoms with E-state index in [1.807, 2.05) is 54.6 Å². The zero-order valence-corrected chi connectivity index (χ0v) is 22.3. The van der Waals surface area contributed by atoms with E-state index >= 15 is 0 Å². The van der Waals surface area contributed by atoms with Gasteiger partial charge in [-0.3, -0.25) is 0 Å². The van der Waals surface area contributed by atoms with Crippen LogP contribution in [0.5, 0.6) is 0 Å². The van der Waals surface area contributed by atoms with E-state index in [4.69, 9.17) is 16.4 Å². The van der Waals surface area contributed by atoms with Gasteiger partial charge >= 0.3 is 5.97 Å². The van der Waals surface area contributed by atoms with Crippen molar-refractivity contribution in [3.8, 4) is 0 Å². The molecule has 0 fully saturated rings. The Morgan fingerprint density at radius 3 is 1.85 bits per heavy atom. The molecule has 0 atom stereocenters. The van der Waals surface area contributed by atoms with Crippen LogP contribution in [0.25, 0.3) is 0 Å². The van der Waals surface area contributed by atoms with Crippen LogP contribution in [0.15, 0.2) is 126 Å². The molecule has 0 spiro atoms. The summed E-state index contributed by atoms with van der Waals surface area (Å²) in [6, 6.07) is 37.4. The summed E-state index contributed by atoms with van der Waals surface area (Å²) in [6.45, 7) is 0.0995. The maximum Gasteiger partial charge on any atom is 0.360 e. The average molecular weight is 554 g/mol. The van der Waals surface area contributed by atoms with Crippen molar-refractivity contribution in [3.63, 3.8) is 0 Å². The van der Waals surface area contributed by atoms with Crippen molar-refractivity contribution in [2.45, 2.75) is 12.1 Å². The number of carboxylic acid groups (broad SMARTS) is 1. The molecule has 0 aliphatic heterocycles. The van der Waals surface area contributed by atoms with E-state index in [9.17, 15) is 9.90 Å². The molecule has 1 heterocycles. The second kappa shape index (κ2) is 11.9. The van der Waals surface area contributed by atoms with E-state index in [1.165, 1.54) is 11.3 Å². The van der Waals surface area contributed by atoms with E-state index in [0.29, 0.717) is 10.2 Å². The van der Waals surface area contributed by atoms with Crippen molar-refractivity contribution in [2.75, 3.05) is 5.32 Å². The van der Waals surface area contributed by atoms with Crippen molar-refractivity contribution in [3.05, 3.63) is 154 Å². The van der Waals surface area contributed by atoms with E-state index in [1.54, 1.807) is 29.6 Å². The van der Waals surface area contributed by atoms with E-state index in [0.717, 1.165) is 22.3 Å². The van der Waals surface area contributed by atoms with Crippen LogP contribution in [0.4, 0.5) is 5.13 Å². The van der Waals surface area contributed by atoms with Crippen LogP contribution in [0, 0.1) is 0 Å². The van der Waals surface area contributed by atoms with Crippen LogP contribution >= 0.6 is 22.9 Å². The molecule has 0 amide bonds. The summed E-state index contributed by atoms with van der Waals surface area (Å²) in [7, 11) is 0. The van der Waals surface area contributed by atoms with Crippen LogP contribution in [-0.2, 0) is 21.8 Å². The standard InChI is InChI=1S/C31H24ClN3O3S/c32-26-18-16-22(17-19-26)20-38-35-28(29(36)37)27-21-39-30(33-27)34-31(23-10-4-1-5-11-23,24-12-6-2-7-13-24)25-14-8-3-9-15-25/h1-19,21H,20H2,(H,33,34)(H,36,37). The van der Waals surface area contributed by atoms with Crippen molar-refractivity contribution in [2.24, 2.45) is 5.16 Å². The molecule has 5 aromatic rings. The molecule has 0 bridgehead atoms. The summed E-state index contributed by atoms with van der Waals surface area (Å²) in [5.74, 6) is -1.23. The minimum atomic E-state index is -1.23. The van der Waals surface area contributed by atoms with Gasteiger partial charge in [0.15, 0.2) is 5.13 Å². The first-order valence-electron chi connectivity index (χ1n) is 12.1. The van der Waals surface area contributed by atoms with Crippen LogP contribution in [-0.4, -0.2) is 21.8 Å². The van der Waals surface area contributed by atoms with Crippen LogP contribution in [0.3, 0.4) is 0 Å². The molecular formula is C31H24ClN3O3S. The highest BCUT2D eigenvalue weighted by Gasteiger charge is 2.37. The Labute approximate surface area is 235 Å². The van der Waals surface area contributed by atoms with Gasteiger partial charge in [0.25, 0.3) is 0 Å². The van der Waals surface area contributed by atoms with E-state index < -0.39 is 11.5 Å². The molecule has 0 radical (unpaired) electrons. The molecule has 0 unspecified atom stereocenters. The fourth-order valence-electron chi connectivity index (χ4n) is 4.33. The monoisotopic (exact) mass is 553 g/mol. The predicted octanol–water partition coefficient (Wildman–Crippen LogP) is 7.21. The summed E-state index contributed by atoms with van der Waals surface area (Å²) in [4.78, 5) is 22.1. The van der Waals surface area contributed by atoms with Crippen molar-refractivity contribution in [1.29, 1.82) is 0 Å². The molecule has 4 aromatic carbocycles. The lowest BCUT2D eigenvalue weighted by molar-refractivity contribution is -0.129. The Hall–Kier alpha value is -4.46. The zero-order valence-electron chi connectivity index (χ0n) is 20.7. The number of aliphatic carboxylic acids is 1. The molecule has 194 valence electrons. The second-order valence-electron chi connectivity index (χ2n) is 8.66. The zero-order chi connectivity index (χ0) is 27.1. The Bertz CT molecular complexity index is 1460. The van der Waals surface area contributed by atoms with E-state index in [2.05, 4.69) is 51.9 Å². The van der Waals surface area contributed by atoms with Gasteiger partial charge in [-0.1, -0.05) is 120 Å². The van der Waals surface area contributed by atoms with Crippen LogP contribution < -0.4 is 5.32 Å². The number of thiazole rings is 1. The summed E-state index contributed by atoms with van der Waals surface area (Å²) >= 11 is 7.22. The number of benzene rings is 4. The third-order valence-electron chi connectivity index (χ3n) is 6.16. The number of anilines is 1. The third-order valence-corrected chi connectivity index (χ3v) is 7.17. The van der Waals surface area contributed by atoms with Gasteiger partial charge in [0.1, 0.15) is 17.8 Å². The molecule has 0 aliphatic rings. The number of hydrogen-bond acceptors (Lipinski definition) is 6. The van der Waals surface area contributed by atoms with Gasteiger partial charge in [0, 0.05) is 10.4 Å². The highest BCUT2D eigenvalue weighted by molar-refractivity contribution is 7.14. The molecular weight excluding hydrogens is 530 g/mol. The minimum absolute atomic E-state index is 0.0995.